The molecule has 0 radical (unpaired) electrons. The number of aromatic nitrogens is 3. The fourth-order valence-corrected chi connectivity index (χ4v) is 1.67. The smallest absolute Gasteiger partial charge is 0.237 e. The maximum absolute atomic E-state index is 11.8. The summed E-state index contributed by atoms with van der Waals surface area (Å²) in [5.41, 5.74) is 0. The van der Waals surface area contributed by atoms with Crippen molar-refractivity contribution in [3.63, 3.8) is 0 Å². The first-order valence-corrected chi connectivity index (χ1v) is 5.27. The average Bonchev–Trinajstić information content (AvgIpc) is 2.76. The first-order valence-electron chi connectivity index (χ1n) is 5.27. The van der Waals surface area contributed by atoms with Crippen LogP contribution in [0.25, 0.3) is 0 Å². The Morgan fingerprint density at radius 3 is 3.31 bits per heavy atom. The Balaban J connectivity index is 1.88. The van der Waals surface area contributed by atoms with Gasteiger partial charge in [-0.05, 0) is 0 Å². The topological polar surface area (TPSA) is 63.1 Å². The summed E-state index contributed by atoms with van der Waals surface area (Å²) in [6, 6.07) is 0. The molecule has 0 saturated heterocycles. The van der Waals surface area contributed by atoms with Gasteiger partial charge in [-0.2, -0.15) is 0 Å². The first kappa shape index (κ1) is 10.8. The summed E-state index contributed by atoms with van der Waals surface area (Å²) in [5.74, 6) is 0.944. The van der Waals surface area contributed by atoms with Crippen LogP contribution >= 0.6 is 0 Å². The van der Waals surface area contributed by atoms with Crippen molar-refractivity contribution in [3.8, 4) is 0 Å². The zero-order chi connectivity index (χ0) is 11.4. The van der Waals surface area contributed by atoms with Crippen molar-refractivity contribution in [2.24, 2.45) is 0 Å². The molecule has 0 saturated carbocycles. The number of rotatable bonds is 4. The first-order chi connectivity index (χ1) is 7.81. The summed E-state index contributed by atoms with van der Waals surface area (Å²) < 4.78 is 1.97. The van der Waals surface area contributed by atoms with Crippen LogP contribution in [0.15, 0.2) is 19.0 Å². The lowest BCUT2D eigenvalue weighted by Gasteiger charge is -2.27. The molecule has 2 heterocycles. The molecule has 1 aromatic heterocycles. The van der Waals surface area contributed by atoms with Gasteiger partial charge >= 0.3 is 0 Å². The van der Waals surface area contributed by atoms with E-state index >= 15 is 0 Å². The molecule has 6 heteroatoms. The molecule has 0 atom stereocenters. The normalized spacial score (nSPS) is 14.6. The molecule has 0 bridgehead atoms. The number of hydrogen-bond acceptors (Lipinski definition) is 4. The number of carbonyl (C=O) groups excluding carboxylic acids is 1. The van der Waals surface area contributed by atoms with Crippen LogP contribution in [0.1, 0.15) is 5.82 Å². The quantitative estimate of drug-likeness (QED) is 0.544. The molecule has 1 N–H and O–H groups in total. The number of amides is 1. The summed E-state index contributed by atoms with van der Waals surface area (Å²) in [4.78, 5) is 13.6. The van der Waals surface area contributed by atoms with Crippen molar-refractivity contribution in [3.05, 3.63) is 24.8 Å². The molecule has 86 valence electrons. The monoisotopic (exact) mass is 221 g/mol. The molecule has 0 unspecified atom stereocenters. The highest BCUT2D eigenvalue weighted by Crippen LogP contribution is 2.08. The summed E-state index contributed by atoms with van der Waals surface area (Å²) in [6.45, 7) is 6.63. The number of carbonyl (C=O) groups is 1. The summed E-state index contributed by atoms with van der Waals surface area (Å²) in [6.07, 6.45) is 3.44. The second-order valence-electron chi connectivity index (χ2n) is 3.68. The molecular formula is C10H15N5O. The van der Waals surface area contributed by atoms with E-state index in [2.05, 4.69) is 22.1 Å². The second kappa shape index (κ2) is 4.89. The van der Waals surface area contributed by atoms with Gasteiger partial charge in [0.1, 0.15) is 6.33 Å². The Kier molecular flexibility index (Phi) is 3.31. The number of nitrogens with zero attached hydrogens (tertiary/aromatic N) is 4. The van der Waals surface area contributed by atoms with Gasteiger partial charge in [0.15, 0.2) is 5.82 Å². The van der Waals surface area contributed by atoms with Crippen LogP contribution in [-0.2, 0) is 17.9 Å². The van der Waals surface area contributed by atoms with Gasteiger partial charge in [-0.15, -0.1) is 16.8 Å². The minimum atomic E-state index is 0.0936. The van der Waals surface area contributed by atoms with E-state index in [1.165, 1.54) is 0 Å². The highest BCUT2D eigenvalue weighted by molar-refractivity contribution is 5.78. The molecule has 0 spiro atoms. The molecule has 1 aliphatic heterocycles. The number of fused-ring (bicyclic) bond motifs is 1. The Morgan fingerprint density at radius 1 is 1.62 bits per heavy atom. The molecular weight excluding hydrogens is 206 g/mol. The predicted molar refractivity (Wildman–Crippen MR) is 58.5 cm³/mol. The maximum atomic E-state index is 11.8. The van der Waals surface area contributed by atoms with Crippen LogP contribution in [0, 0.1) is 0 Å². The molecule has 16 heavy (non-hydrogen) atoms. The zero-order valence-corrected chi connectivity index (χ0v) is 9.09. The number of hydrogen-bond donors (Lipinski definition) is 1. The van der Waals surface area contributed by atoms with Gasteiger partial charge in [0.05, 0.1) is 13.1 Å². The second-order valence-corrected chi connectivity index (χ2v) is 3.68. The van der Waals surface area contributed by atoms with E-state index in [1.807, 2.05) is 4.57 Å². The van der Waals surface area contributed by atoms with E-state index in [0.717, 1.165) is 18.9 Å². The Labute approximate surface area is 94.0 Å². The van der Waals surface area contributed by atoms with Crippen LogP contribution in [0.2, 0.25) is 0 Å². The minimum absolute atomic E-state index is 0.0936. The number of nitrogens with one attached hydrogen (secondary N) is 1. The fourth-order valence-electron chi connectivity index (χ4n) is 1.67. The molecule has 1 aromatic rings. The average molecular weight is 221 g/mol. The van der Waals surface area contributed by atoms with Gasteiger partial charge in [0, 0.05) is 19.6 Å². The third-order valence-corrected chi connectivity index (χ3v) is 2.56. The van der Waals surface area contributed by atoms with Gasteiger partial charge in [0.25, 0.3) is 0 Å². The van der Waals surface area contributed by atoms with E-state index in [1.54, 1.807) is 17.3 Å². The summed E-state index contributed by atoms with van der Waals surface area (Å²) >= 11 is 0. The summed E-state index contributed by atoms with van der Waals surface area (Å²) in [7, 11) is 0. The lowest BCUT2D eigenvalue weighted by atomic mass is 10.3. The van der Waals surface area contributed by atoms with Crippen LogP contribution < -0.4 is 5.32 Å². The van der Waals surface area contributed by atoms with Crippen LogP contribution in [0.5, 0.6) is 0 Å². The summed E-state index contributed by atoms with van der Waals surface area (Å²) in [5, 5.41) is 10.8. The Bertz CT molecular complexity index is 386. The molecule has 1 aliphatic rings. The lowest BCUT2D eigenvalue weighted by molar-refractivity contribution is -0.131. The van der Waals surface area contributed by atoms with Crippen LogP contribution in [0.3, 0.4) is 0 Å². The SMILES string of the molecule is C=CCNCC(=O)N1CCn2cnnc2C1. The largest absolute Gasteiger partial charge is 0.332 e. The van der Waals surface area contributed by atoms with Gasteiger partial charge in [-0.3, -0.25) is 4.79 Å². The molecule has 0 fully saturated rings. The third-order valence-electron chi connectivity index (χ3n) is 2.56. The van der Waals surface area contributed by atoms with E-state index in [0.29, 0.717) is 19.6 Å². The van der Waals surface area contributed by atoms with Crippen molar-refractivity contribution in [1.29, 1.82) is 0 Å². The minimum Gasteiger partial charge on any atom is -0.332 e. The molecule has 0 aromatic carbocycles. The molecule has 2 rings (SSSR count). The van der Waals surface area contributed by atoms with Gasteiger partial charge in [-0.25, -0.2) is 0 Å². The zero-order valence-electron chi connectivity index (χ0n) is 9.09. The molecule has 6 nitrogen and oxygen atoms in total. The molecule has 1 amide bonds. The van der Waals surface area contributed by atoms with E-state index < -0.39 is 0 Å². The fraction of sp³-hybridized carbons (Fsp3) is 0.500. The maximum Gasteiger partial charge on any atom is 0.237 e. The van der Waals surface area contributed by atoms with Crippen molar-refractivity contribution in [1.82, 2.24) is 25.0 Å². The van der Waals surface area contributed by atoms with Gasteiger partial charge in [-0.1, -0.05) is 6.08 Å². The van der Waals surface area contributed by atoms with E-state index in [-0.39, 0.29) is 5.91 Å². The highest BCUT2D eigenvalue weighted by atomic mass is 16.2. The van der Waals surface area contributed by atoms with Gasteiger partial charge < -0.3 is 14.8 Å². The lowest BCUT2D eigenvalue weighted by Crippen LogP contribution is -2.42. The van der Waals surface area contributed by atoms with E-state index in [9.17, 15) is 4.79 Å². The van der Waals surface area contributed by atoms with E-state index in [4.69, 9.17) is 0 Å². The highest BCUT2D eigenvalue weighted by Gasteiger charge is 2.20. The Hall–Kier alpha value is -1.69. The standard InChI is InChI=1S/C10H15N5O/c1-2-3-11-6-10(16)14-4-5-15-8-12-13-9(15)7-14/h2,8,11H,1,3-7H2. The van der Waals surface area contributed by atoms with Crippen LogP contribution in [-0.4, -0.2) is 45.2 Å². The van der Waals surface area contributed by atoms with Crippen molar-refractivity contribution >= 4 is 5.91 Å². The van der Waals surface area contributed by atoms with Crippen LogP contribution in [0.4, 0.5) is 0 Å². The Morgan fingerprint density at radius 2 is 2.50 bits per heavy atom. The van der Waals surface area contributed by atoms with Crippen molar-refractivity contribution < 1.29 is 4.79 Å². The van der Waals surface area contributed by atoms with Crippen molar-refractivity contribution in [2.45, 2.75) is 13.1 Å². The van der Waals surface area contributed by atoms with Crippen molar-refractivity contribution in [2.75, 3.05) is 19.6 Å². The molecule has 0 aliphatic carbocycles. The third kappa shape index (κ3) is 2.27. The predicted octanol–water partition coefficient (Wildman–Crippen LogP) is -0.604. The van der Waals surface area contributed by atoms with Gasteiger partial charge in [0.2, 0.25) is 5.91 Å².